The molecule has 0 heterocycles. The first-order valence-corrected chi connectivity index (χ1v) is 6.41. The van der Waals surface area contributed by atoms with Gasteiger partial charge < -0.3 is 10.6 Å². The summed E-state index contributed by atoms with van der Waals surface area (Å²) in [5, 5.41) is 6.83. The molecule has 0 fully saturated rings. The molecule has 1 atom stereocenters. The van der Waals surface area contributed by atoms with Crippen LogP contribution in [0, 0.1) is 6.92 Å². The Morgan fingerprint density at radius 1 is 1.33 bits per heavy atom. The van der Waals surface area contributed by atoms with E-state index in [0.29, 0.717) is 5.02 Å². The van der Waals surface area contributed by atoms with Crippen LogP contribution < -0.4 is 10.6 Å². The van der Waals surface area contributed by atoms with E-state index in [1.54, 1.807) is 0 Å². The molecular formula is C14H21ClN2O. The van der Waals surface area contributed by atoms with E-state index in [0.717, 1.165) is 11.3 Å². The SMILES string of the molecule is Cc1cc(Cl)ccc1NC(C)C(=O)NC(C)(C)C. The van der Waals surface area contributed by atoms with Gasteiger partial charge in [-0.05, 0) is 58.4 Å². The average molecular weight is 269 g/mol. The lowest BCUT2D eigenvalue weighted by Crippen LogP contribution is -2.47. The Morgan fingerprint density at radius 3 is 2.44 bits per heavy atom. The summed E-state index contributed by atoms with van der Waals surface area (Å²) in [6, 6.07) is 5.28. The van der Waals surface area contributed by atoms with E-state index < -0.39 is 0 Å². The first kappa shape index (κ1) is 14.8. The largest absolute Gasteiger partial charge is 0.374 e. The molecule has 1 aromatic carbocycles. The van der Waals surface area contributed by atoms with Crippen LogP contribution in [0.2, 0.25) is 5.02 Å². The quantitative estimate of drug-likeness (QED) is 0.883. The third-order valence-electron chi connectivity index (χ3n) is 2.45. The van der Waals surface area contributed by atoms with Crippen molar-refractivity contribution in [2.24, 2.45) is 0 Å². The highest BCUT2D eigenvalue weighted by Gasteiger charge is 2.19. The summed E-state index contributed by atoms with van der Waals surface area (Å²) in [7, 11) is 0. The van der Waals surface area contributed by atoms with Crippen molar-refractivity contribution in [2.45, 2.75) is 46.2 Å². The lowest BCUT2D eigenvalue weighted by Gasteiger charge is -2.24. The number of halogens is 1. The number of benzene rings is 1. The van der Waals surface area contributed by atoms with Crippen molar-refractivity contribution in [1.82, 2.24) is 5.32 Å². The summed E-state index contributed by atoms with van der Waals surface area (Å²) in [5.74, 6) is -0.0168. The minimum atomic E-state index is -0.288. The summed E-state index contributed by atoms with van der Waals surface area (Å²) < 4.78 is 0. The lowest BCUT2D eigenvalue weighted by molar-refractivity contribution is -0.122. The number of aryl methyl sites for hydroxylation is 1. The highest BCUT2D eigenvalue weighted by atomic mass is 35.5. The van der Waals surface area contributed by atoms with Gasteiger partial charge in [-0.15, -0.1) is 0 Å². The van der Waals surface area contributed by atoms with Crippen molar-refractivity contribution >= 4 is 23.2 Å². The van der Waals surface area contributed by atoms with Crippen LogP contribution in [0.25, 0.3) is 0 Å². The van der Waals surface area contributed by atoms with Gasteiger partial charge >= 0.3 is 0 Å². The molecule has 4 heteroatoms. The second kappa shape index (κ2) is 5.61. The van der Waals surface area contributed by atoms with E-state index in [1.807, 2.05) is 52.8 Å². The molecule has 0 aliphatic carbocycles. The van der Waals surface area contributed by atoms with E-state index in [2.05, 4.69) is 10.6 Å². The molecule has 1 unspecified atom stereocenters. The number of hydrogen-bond acceptors (Lipinski definition) is 2. The minimum Gasteiger partial charge on any atom is -0.374 e. The number of rotatable bonds is 3. The van der Waals surface area contributed by atoms with Gasteiger partial charge in [0.2, 0.25) is 5.91 Å². The molecule has 0 saturated heterocycles. The number of hydrogen-bond donors (Lipinski definition) is 2. The monoisotopic (exact) mass is 268 g/mol. The number of carbonyl (C=O) groups is 1. The molecule has 0 spiro atoms. The van der Waals surface area contributed by atoms with Crippen LogP contribution in [0.3, 0.4) is 0 Å². The van der Waals surface area contributed by atoms with Gasteiger partial charge in [0.25, 0.3) is 0 Å². The molecule has 0 saturated carbocycles. The van der Waals surface area contributed by atoms with Crippen LogP contribution in [0.5, 0.6) is 0 Å². The van der Waals surface area contributed by atoms with Crippen LogP contribution in [0.1, 0.15) is 33.3 Å². The first-order valence-electron chi connectivity index (χ1n) is 6.04. The van der Waals surface area contributed by atoms with Crippen molar-refractivity contribution in [2.75, 3.05) is 5.32 Å². The number of anilines is 1. The third kappa shape index (κ3) is 4.57. The highest BCUT2D eigenvalue weighted by Crippen LogP contribution is 2.20. The number of carbonyl (C=O) groups excluding carboxylic acids is 1. The molecule has 1 amide bonds. The van der Waals surface area contributed by atoms with Gasteiger partial charge in [0, 0.05) is 16.2 Å². The molecule has 0 radical (unpaired) electrons. The van der Waals surface area contributed by atoms with Crippen LogP contribution in [-0.2, 0) is 4.79 Å². The Kier molecular flexibility index (Phi) is 4.63. The molecule has 100 valence electrons. The van der Waals surface area contributed by atoms with Crippen LogP contribution in [-0.4, -0.2) is 17.5 Å². The minimum absolute atomic E-state index is 0.0168. The fourth-order valence-corrected chi connectivity index (χ4v) is 1.79. The van der Waals surface area contributed by atoms with Crippen molar-refractivity contribution in [1.29, 1.82) is 0 Å². The van der Waals surface area contributed by atoms with Crippen molar-refractivity contribution in [3.63, 3.8) is 0 Å². The zero-order valence-electron chi connectivity index (χ0n) is 11.6. The van der Waals surface area contributed by atoms with E-state index in [9.17, 15) is 4.79 Å². The third-order valence-corrected chi connectivity index (χ3v) is 2.69. The van der Waals surface area contributed by atoms with Gasteiger partial charge in [0.05, 0.1) is 0 Å². The van der Waals surface area contributed by atoms with E-state index >= 15 is 0 Å². The maximum atomic E-state index is 11.9. The van der Waals surface area contributed by atoms with Gasteiger partial charge in [-0.3, -0.25) is 4.79 Å². The van der Waals surface area contributed by atoms with E-state index in [4.69, 9.17) is 11.6 Å². The molecule has 0 aliphatic rings. The summed E-state index contributed by atoms with van der Waals surface area (Å²) in [5.41, 5.74) is 1.73. The Morgan fingerprint density at radius 2 is 1.94 bits per heavy atom. The predicted molar refractivity (Wildman–Crippen MR) is 77.2 cm³/mol. The van der Waals surface area contributed by atoms with Crippen molar-refractivity contribution < 1.29 is 4.79 Å². The molecule has 1 aromatic rings. The maximum Gasteiger partial charge on any atom is 0.242 e. The first-order chi connectivity index (χ1) is 8.19. The molecule has 0 bridgehead atoms. The molecular weight excluding hydrogens is 248 g/mol. The van der Waals surface area contributed by atoms with Gasteiger partial charge in [-0.1, -0.05) is 11.6 Å². The summed E-state index contributed by atoms with van der Waals surface area (Å²) in [6.45, 7) is 9.69. The summed E-state index contributed by atoms with van der Waals surface area (Å²) in [6.07, 6.45) is 0. The van der Waals surface area contributed by atoms with E-state index in [1.165, 1.54) is 0 Å². The summed E-state index contributed by atoms with van der Waals surface area (Å²) in [4.78, 5) is 11.9. The van der Waals surface area contributed by atoms with Crippen LogP contribution in [0.15, 0.2) is 18.2 Å². The standard InChI is InChI=1S/C14H21ClN2O/c1-9-8-11(15)6-7-12(9)16-10(2)13(18)17-14(3,4)5/h6-8,10,16H,1-5H3,(H,17,18). The van der Waals surface area contributed by atoms with Crippen molar-refractivity contribution in [3.8, 4) is 0 Å². The molecule has 1 rings (SSSR count). The van der Waals surface area contributed by atoms with Gasteiger partial charge in [-0.2, -0.15) is 0 Å². The molecule has 18 heavy (non-hydrogen) atoms. The Bertz CT molecular complexity index is 438. The number of amides is 1. The van der Waals surface area contributed by atoms with E-state index in [-0.39, 0.29) is 17.5 Å². The Balaban J connectivity index is 2.69. The lowest BCUT2D eigenvalue weighted by atomic mass is 10.1. The van der Waals surface area contributed by atoms with Crippen LogP contribution >= 0.6 is 11.6 Å². The second-order valence-corrected chi connectivity index (χ2v) is 6.00. The Hall–Kier alpha value is -1.22. The zero-order chi connectivity index (χ0) is 13.9. The molecule has 3 nitrogen and oxygen atoms in total. The van der Waals surface area contributed by atoms with Gasteiger partial charge in [-0.25, -0.2) is 0 Å². The molecule has 0 aromatic heterocycles. The number of nitrogens with one attached hydrogen (secondary N) is 2. The average Bonchev–Trinajstić information content (AvgIpc) is 2.19. The zero-order valence-corrected chi connectivity index (χ0v) is 12.4. The summed E-state index contributed by atoms with van der Waals surface area (Å²) >= 11 is 5.90. The maximum absolute atomic E-state index is 11.9. The highest BCUT2D eigenvalue weighted by molar-refractivity contribution is 6.30. The van der Waals surface area contributed by atoms with Crippen LogP contribution in [0.4, 0.5) is 5.69 Å². The smallest absolute Gasteiger partial charge is 0.242 e. The molecule has 0 aliphatic heterocycles. The van der Waals surface area contributed by atoms with Gasteiger partial charge in [0.15, 0.2) is 0 Å². The fourth-order valence-electron chi connectivity index (χ4n) is 1.57. The fraction of sp³-hybridized carbons (Fsp3) is 0.500. The predicted octanol–water partition coefficient (Wildman–Crippen LogP) is 3.36. The second-order valence-electron chi connectivity index (χ2n) is 5.56. The van der Waals surface area contributed by atoms with Gasteiger partial charge in [0.1, 0.15) is 6.04 Å². The topological polar surface area (TPSA) is 41.1 Å². The molecule has 2 N–H and O–H groups in total. The van der Waals surface area contributed by atoms with Crippen molar-refractivity contribution in [3.05, 3.63) is 28.8 Å². The normalized spacial score (nSPS) is 13.0. The Labute approximate surface area is 114 Å².